The molecule has 0 aliphatic carbocycles. The number of nitrogen functional groups attached to an aromatic ring is 1. The maximum Gasteiger partial charge on any atom is 0.148 e. The van der Waals surface area contributed by atoms with Gasteiger partial charge < -0.3 is 24.8 Å². The van der Waals surface area contributed by atoms with Gasteiger partial charge in [-0.1, -0.05) is 0 Å². The van der Waals surface area contributed by atoms with Crippen LogP contribution >= 0.6 is 0 Å². The van der Waals surface area contributed by atoms with E-state index >= 15 is 0 Å². The van der Waals surface area contributed by atoms with E-state index < -0.39 is 0 Å². The molecule has 120 valence electrons. The highest BCUT2D eigenvalue weighted by atomic mass is 19.1. The second-order valence-corrected chi connectivity index (χ2v) is 4.43. The molecule has 0 aliphatic rings. The van der Waals surface area contributed by atoms with Gasteiger partial charge in [-0.15, -0.1) is 0 Å². The molecule has 21 heavy (non-hydrogen) atoms. The van der Waals surface area contributed by atoms with Gasteiger partial charge in [0.25, 0.3) is 0 Å². The maximum atomic E-state index is 14.2. The Kier molecular flexibility index (Phi) is 7.85. The van der Waals surface area contributed by atoms with Crippen LogP contribution in [0.3, 0.4) is 0 Å². The lowest BCUT2D eigenvalue weighted by Crippen LogP contribution is -2.32. The van der Waals surface area contributed by atoms with Gasteiger partial charge in [0.15, 0.2) is 0 Å². The number of nitrogens with zero attached hydrogens (tertiary/aromatic N) is 1. The van der Waals surface area contributed by atoms with E-state index in [-0.39, 0.29) is 11.5 Å². The third-order valence-corrected chi connectivity index (χ3v) is 3.06. The Morgan fingerprint density at radius 1 is 1.10 bits per heavy atom. The zero-order valence-electron chi connectivity index (χ0n) is 13.0. The lowest BCUT2D eigenvalue weighted by Gasteiger charge is -2.26. The minimum atomic E-state index is -0.374. The van der Waals surface area contributed by atoms with Crippen LogP contribution in [0.15, 0.2) is 12.1 Å². The van der Waals surface area contributed by atoms with Crippen molar-refractivity contribution in [2.75, 3.05) is 57.3 Å². The number of hydrogen-bond acceptors (Lipinski definition) is 5. The predicted octanol–water partition coefficient (Wildman–Crippen LogP) is 2.30. The normalized spacial score (nSPS) is 10.7. The molecule has 0 saturated heterocycles. The minimum Gasteiger partial charge on any atom is -0.495 e. The molecule has 0 saturated carbocycles. The van der Waals surface area contributed by atoms with E-state index in [4.69, 9.17) is 19.9 Å². The van der Waals surface area contributed by atoms with Crippen molar-refractivity contribution >= 4 is 11.4 Å². The van der Waals surface area contributed by atoms with Gasteiger partial charge in [-0.3, -0.25) is 0 Å². The van der Waals surface area contributed by atoms with Crippen molar-refractivity contribution in [3.8, 4) is 5.75 Å². The van der Waals surface area contributed by atoms with E-state index in [2.05, 4.69) is 0 Å². The summed E-state index contributed by atoms with van der Waals surface area (Å²) in [5.74, 6) is 0.0884. The lowest BCUT2D eigenvalue weighted by molar-refractivity contribution is 0.141. The van der Waals surface area contributed by atoms with Crippen LogP contribution in [0.2, 0.25) is 0 Å². The summed E-state index contributed by atoms with van der Waals surface area (Å²) in [4.78, 5) is 1.88. The molecule has 1 aromatic carbocycles. The van der Waals surface area contributed by atoms with Gasteiger partial charge in [0.05, 0.1) is 31.7 Å². The molecule has 0 aliphatic heterocycles. The van der Waals surface area contributed by atoms with Crippen LogP contribution in [-0.2, 0) is 9.47 Å². The molecule has 0 spiro atoms. The van der Waals surface area contributed by atoms with Crippen molar-refractivity contribution in [2.24, 2.45) is 0 Å². The molecule has 5 nitrogen and oxygen atoms in total. The van der Waals surface area contributed by atoms with Crippen LogP contribution in [-0.4, -0.2) is 46.6 Å². The van der Waals surface area contributed by atoms with Crippen LogP contribution in [0.25, 0.3) is 0 Å². The molecular formula is C15H25FN2O3. The largest absolute Gasteiger partial charge is 0.495 e. The van der Waals surface area contributed by atoms with Crippen molar-refractivity contribution in [2.45, 2.75) is 13.8 Å². The Bertz CT molecular complexity index is 420. The molecule has 0 atom stereocenters. The van der Waals surface area contributed by atoms with Crippen LogP contribution in [0.1, 0.15) is 13.8 Å². The quantitative estimate of drug-likeness (QED) is 0.531. The molecule has 2 N–H and O–H groups in total. The Balaban J connectivity index is 2.89. The average Bonchev–Trinajstić information content (AvgIpc) is 2.46. The number of nitrogens with two attached hydrogens (primary N) is 1. The van der Waals surface area contributed by atoms with Crippen molar-refractivity contribution in [3.05, 3.63) is 17.9 Å². The predicted molar refractivity (Wildman–Crippen MR) is 82.6 cm³/mol. The summed E-state index contributed by atoms with van der Waals surface area (Å²) in [6, 6.07) is 2.89. The van der Waals surface area contributed by atoms with Gasteiger partial charge in [0.1, 0.15) is 11.6 Å². The molecule has 6 heteroatoms. The molecule has 0 bridgehead atoms. The summed E-state index contributed by atoms with van der Waals surface area (Å²) < 4.78 is 30.0. The highest BCUT2D eigenvalue weighted by molar-refractivity contribution is 5.63. The molecule has 1 aromatic rings. The summed E-state index contributed by atoms with van der Waals surface area (Å²) in [7, 11) is 1.51. The molecule has 0 aromatic heterocycles. The van der Waals surface area contributed by atoms with E-state index in [1.54, 1.807) is 6.07 Å². The molecule has 0 heterocycles. The van der Waals surface area contributed by atoms with Gasteiger partial charge in [0, 0.05) is 38.4 Å². The van der Waals surface area contributed by atoms with Crippen molar-refractivity contribution in [1.82, 2.24) is 0 Å². The van der Waals surface area contributed by atoms with E-state index in [0.717, 1.165) is 0 Å². The third-order valence-electron chi connectivity index (χ3n) is 3.06. The summed E-state index contributed by atoms with van der Waals surface area (Å²) in [6.45, 7) is 7.31. The van der Waals surface area contributed by atoms with Gasteiger partial charge in [-0.2, -0.15) is 0 Å². The van der Waals surface area contributed by atoms with Crippen LogP contribution in [0.5, 0.6) is 5.75 Å². The van der Waals surface area contributed by atoms with Crippen molar-refractivity contribution in [3.63, 3.8) is 0 Å². The highest BCUT2D eigenvalue weighted by Crippen LogP contribution is 2.30. The second-order valence-electron chi connectivity index (χ2n) is 4.43. The number of anilines is 2. The standard InChI is InChI=1S/C15H25FN2O3/c1-4-20-8-6-18(7-9-21-5-2)14-11-15(19-3)13(17)10-12(14)16/h10-11H,4-9,17H2,1-3H3. The molecule has 0 unspecified atom stereocenters. The first-order chi connectivity index (χ1) is 10.1. The van der Waals surface area contributed by atoms with Crippen molar-refractivity contribution < 1.29 is 18.6 Å². The fourth-order valence-corrected chi connectivity index (χ4v) is 1.97. The van der Waals surface area contributed by atoms with Gasteiger partial charge >= 0.3 is 0 Å². The number of methoxy groups -OCH3 is 1. The summed E-state index contributed by atoms with van der Waals surface area (Å²) in [6.07, 6.45) is 0. The van der Waals surface area contributed by atoms with E-state index in [0.29, 0.717) is 51.0 Å². The van der Waals surface area contributed by atoms with Crippen LogP contribution < -0.4 is 15.4 Å². The number of ether oxygens (including phenoxy) is 3. The maximum absolute atomic E-state index is 14.2. The van der Waals surface area contributed by atoms with E-state index in [1.165, 1.54) is 13.2 Å². The average molecular weight is 300 g/mol. The van der Waals surface area contributed by atoms with Gasteiger partial charge in [0.2, 0.25) is 0 Å². The smallest absolute Gasteiger partial charge is 0.148 e. The molecule has 0 radical (unpaired) electrons. The topological polar surface area (TPSA) is 57.0 Å². The van der Waals surface area contributed by atoms with E-state index in [1.807, 2.05) is 18.7 Å². The fraction of sp³-hybridized carbons (Fsp3) is 0.600. The molecule has 1 rings (SSSR count). The van der Waals surface area contributed by atoms with Crippen LogP contribution in [0.4, 0.5) is 15.8 Å². The monoisotopic (exact) mass is 300 g/mol. The lowest BCUT2D eigenvalue weighted by atomic mass is 10.2. The minimum absolute atomic E-state index is 0.285. The Morgan fingerprint density at radius 3 is 2.14 bits per heavy atom. The van der Waals surface area contributed by atoms with E-state index in [9.17, 15) is 4.39 Å². The molecule has 0 amide bonds. The van der Waals surface area contributed by atoms with Gasteiger partial charge in [-0.05, 0) is 13.8 Å². The highest BCUT2D eigenvalue weighted by Gasteiger charge is 2.15. The number of halogens is 1. The van der Waals surface area contributed by atoms with Gasteiger partial charge in [-0.25, -0.2) is 4.39 Å². The Labute approximate surface area is 125 Å². The first-order valence-electron chi connectivity index (χ1n) is 7.17. The fourth-order valence-electron chi connectivity index (χ4n) is 1.97. The zero-order valence-corrected chi connectivity index (χ0v) is 13.0. The summed E-state index contributed by atoms with van der Waals surface area (Å²) >= 11 is 0. The Hall–Kier alpha value is -1.53. The number of hydrogen-bond donors (Lipinski definition) is 1. The summed E-state index contributed by atoms with van der Waals surface area (Å²) in [5.41, 5.74) is 6.44. The van der Waals surface area contributed by atoms with Crippen molar-refractivity contribution in [1.29, 1.82) is 0 Å². The second kappa shape index (κ2) is 9.41. The molecule has 0 fully saturated rings. The zero-order chi connectivity index (χ0) is 15.7. The first-order valence-corrected chi connectivity index (χ1v) is 7.17. The SMILES string of the molecule is CCOCCN(CCOCC)c1cc(OC)c(N)cc1F. The third kappa shape index (κ3) is 5.40. The number of benzene rings is 1. The summed E-state index contributed by atoms with van der Waals surface area (Å²) in [5, 5.41) is 0. The number of rotatable bonds is 10. The first kappa shape index (κ1) is 17.5. The Morgan fingerprint density at radius 2 is 1.67 bits per heavy atom. The molecular weight excluding hydrogens is 275 g/mol. The van der Waals surface area contributed by atoms with Crippen LogP contribution in [0, 0.1) is 5.82 Å².